The van der Waals surface area contributed by atoms with Gasteiger partial charge in [0, 0.05) is 17.4 Å². The Morgan fingerprint density at radius 3 is 2.36 bits per heavy atom. The normalized spacial score (nSPS) is 13.1. The van der Waals surface area contributed by atoms with Crippen LogP contribution in [-0.2, 0) is 20.3 Å². The molecule has 0 saturated heterocycles. The van der Waals surface area contributed by atoms with Gasteiger partial charge in [0.2, 0.25) is 0 Å². The lowest BCUT2D eigenvalue weighted by atomic mass is 9.86. The number of carboxylic acids is 1. The van der Waals surface area contributed by atoms with E-state index in [-0.39, 0.29) is 24.5 Å². The summed E-state index contributed by atoms with van der Waals surface area (Å²) in [6.45, 7) is 6.41. The maximum absolute atomic E-state index is 13.7. The lowest BCUT2D eigenvalue weighted by Crippen LogP contribution is -2.15. The Morgan fingerprint density at radius 1 is 1.08 bits per heavy atom. The number of nitrogens with zero attached hydrogens (tertiary/aromatic N) is 1. The van der Waals surface area contributed by atoms with Crippen molar-refractivity contribution in [3.8, 4) is 22.4 Å². The van der Waals surface area contributed by atoms with Crippen LogP contribution < -0.4 is 0 Å². The number of aliphatic carboxylic acids is 1. The van der Waals surface area contributed by atoms with Gasteiger partial charge in [-0.1, -0.05) is 56.3 Å². The van der Waals surface area contributed by atoms with Crippen molar-refractivity contribution in [2.45, 2.75) is 52.1 Å². The minimum absolute atomic E-state index is 0.133. The van der Waals surface area contributed by atoms with Crippen molar-refractivity contribution in [3.05, 3.63) is 77.2 Å². The first kappa shape index (κ1) is 27.7. The Kier molecular flexibility index (Phi) is 9.94. The third-order valence-corrected chi connectivity index (χ3v) is 7.28. The molecule has 3 aromatic rings. The van der Waals surface area contributed by atoms with Gasteiger partial charge in [-0.15, -0.1) is 0 Å². The summed E-state index contributed by atoms with van der Waals surface area (Å²) >= 11 is 0. The molecule has 0 aliphatic carbocycles. The molecule has 8 heteroatoms. The number of benzene rings is 2. The predicted molar refractivity (Wildman–Crippen MR) is 140 cm³/mol. The molecule has 1 aromatic heterocycles. The van der Waals surface area contributed by atoms with Crippen molar-refractivity contribution >= 4 is 14.0 Å². The van der Waals surface area contributed by atoms with Crippen LogP contribution in [0.25, 0.3) is 22.4 Å². The third-order valence-electron chi connectivity index (χ3n) is 5.95. The second kappa shape index (κ2) is 12.9. The molecule has 2 aromatic carbocycles. The fourth-order valence-electron chi connectivity index (χ4n) is 4.32. The molecule has 2 N–H and O–H groups in total. The van der Waals surface area contributed by atoms with Crippen LogP contribution >= 0.6 is 8.03 Å². The second-order valence-corrected chi connectivity index (χ2v) is 10.6. The zero-order valence-corrected chi connectivity index (χ0v) is 21.8. The molecule has 0 aliphatic rings. The van der Waals surface area contributed by atoms with E-state index in [4.69, 9.17) is 14.6 Å². The van der Waals surface area contributed by atoms with Crippen molar-refractivity contribution in [3.63, 3.8) is 0 Å². The van der Waals surface area contributed by atoms with E-state index in [2.05, 4.69) is 13.8 Å². The maximum atomic E-state index is 13.7. The van der Waals surface area contributed by atoms with E-state index in [0.717, 1.165) is 39.2 Å². The highest BCUT2D eigenvalue weighted by Crippen LogP contribution is 2.38. The fourth-order valence-corrected chi connectivity index (χ4v) is 5.34. The Morgan fingerprint density at radius 2 is 1.75 bits per heavy atom. The van der Waals surface area contributed by atoms with Gasteiger partial charge in [-0.3, -0.25) is 14.3 Å². The van der Waals surface area contributed by atoms with Gasteiger partial charge >= 0.3 is 5.97 Å². The lowest BCUT2D eigenvalue weighted by Gasteiger charge is -2.22. The highest BCUT2D eigenvalue weighted by molar-refractivity contribution is 7.39. The van der Waals surface area contributed by atoms with Crippen LogP contribution in [0.2, 0.25) is 0 Å². The fraction of sp³-hybridized carbons (Fsp3) is 0.357. The average Bonchev–Trinajstić information content (AvgIpc) is 2.82. The molecule has 0 aliphatic heterocycles. The van der Waals surface area contributed by atoms with E-state index >= 15 is 0 Å². The highest BCUT2D eigenvalue weighted by Gasteiger charge is 2.21. The SMILES string of the molecule is Cc1c(-c2ccccc2)nc(C(C)C)c(CCCO[PH](=O)CC(O)CC(=O)O)c1-c1ccc(F)cc1. The molecule has 3 rings (SSSR count). The maximum Gasteiger partial charge on any atom is 0.305 e. The molecular formula is C28H33FNO5P. The number of carbonyl (C=O) groups is 1. The monoisotopic (exact) mass is 513 g/mol. The minimum Gasteiger partial charge on any atom is -0.481 e. The summed E-state index contributed by atoms with van der Waals surface area (Å²) in [5.74, 6) is -1.31. The van der Waals surface area contributed by atoms with Gasteiger partial charge in [0.25, 0.3) is 0 Å². The summed E-state index contributed by atoms with van der Waals surface area (Å²) in [5.41, 5.74) is 6.79. The average molecular weight is 514 g/mol. The molecular weight excluding hydrogens is 480 g/mol. The first-order valence-electron chi connectivity index (χ1n) is 12.1. The molecule has 2 atom stereocenters. The number of carboxylic acid groups (broad SMARTS) is 1. The largest absolute Gasteiger partial charge is 0.481 e. The Labute approximate surface area is 212 Å². The summed E-state index contributed by atoms with van der Waals surface area (Å²) in [6.07, 6.45) is -0.663. The Balaban J connectivity index is 1.91. The van der Waals surface area contributed by atoms with Crippen LogP contribution in [0.15, 0.2) is 54.6 Å². The van der Waals surface area contributed by atoms with Crippen LogP contribution in [0, 0.1) is 12.7 Å². The molecule has 1 heterocycles. The number of pyridine rings is 1. The number of aromatic nitrogens is 1. The van der Waals surface area contributed by atoms with Gasteiger partial charge < -0.3 is 14.7 Å². The van der Waals surface area contributed by atoms with Gasteiger partial charge in [0.15, 0.2) is 8.03 Å². The van der Waals surface area contributed by atoms with Gasteiger partial charge in [0.05, 0.1) is 24.8 Å². The smallest absolute Gasteiger partial charge is 0.305 e. The van der Waals surface area contributed by atoms with Crippen molar-refractivity contribution in [1.29, 1.82) is 0 Å². The molecule has 36 heavy (non-hydrogen) atoms. The van der Waals surface area contributed by atoms with E-state index in [0.29, 0.717) is 12.8 Å². The molecule has 0 spiro atoms. The number of aliphatic hydroxyl groups excluding tert-OH is 1. The quantitative estimate of drug-likeness (QED) is 0.220. The van der Waals surface area contributed by atoms with Crippen molar-refractivity contribution < 1.29 is 28.5 Å². The van der Waals surface area contributed by atoms with Crippen molar-refractivity contribution in [2.24, 2.45) is 0 Å². The molecule has 0 saturated carbocycles. The molecule has 192 valence electrons. The number of hydrogen-bond donors (Lipinski definition) is 2. The summed E-state index contributed by atoms with van der Waals surface area (Å²) in [6, 6.07) is 16.4. The van der Waals surface area contributed by atoms with E-state index in [9.17, 15) is 18.9 Å². The number of rotatable bonds is 12. The molecule has 6 nitrogen and oxygen atoms in total. The minimum atomic E-state index is -2.55. The summed E-state index contributed by atoms with van der Waals surface area (Å²) in [5, 5.41) is 18.4. The first-order valence-corrected chi connectivity index (χ1v) is 13.6. The highest BCUT2D eigenvalue weighted by atomic mass is 31.1. The topological polar surface area (TPSA) is 96.7 Å². The van der Waals surface area contributed by atoms with E-state index in [1.54, 1.807) is 12.1 Å². The molecule has 0 radical (unpaired) electrons. The predicted octanol–water partition coefficient (Wildman–Crippen LogP) is 6.25. The zero-order chi connectivity index (χ0) is 26.2. The molecule has 0 bridgehead atoms. The third kappa shape index (κ3) is 7.33. The van der Waals surface area contributed by atoms with Crippen LogP contribution in [0.3, 0.4) is 0 Å². The number of aliphatic hydroxyl groups is 1. The molecule has 0 amide bonds. The van der Waals surface area contributed by atoms with Gasteiger partial charge in [0.1, 0.15) is 5.82 Å². The number of halogens is 1. The summed E-state index contributed by atoms with van der Waals surface area (Å²) in [4.78, 5) is 15.8. The van der Waals surface area contributed by atoms with Crippen LogP contribution in [0.4, 0.5) is 4.39 Å². The molecule has 2 unspecified atom stereocenters. The summed E-state index contributed by atoms with van der Waals surface area (Å²) < 4.78 is 31.3. The van der Waals surface area contributed by atoms with Crippen LogP contribution in [-0.4, -0.2) is 40.0 Å². The van der Waals surface area contributed by atoms with Gasteiger partial charge in [-0.05, 0) is 60.1 Å². The molecule has 0 fully saturated rings. The second-order valence-electron chi connectivity index (χ2n) is 9.13. The van der Waals surface area contributed by atoms with Crippen molar-refractivity contribution in [1.82, 2.24) is 4.98 Å². The van der Waals surface area contributed by atoms with Crippen LogP contribution in [0.1, 0.15) is 49.4 Å². The Hall–Kier alpha value is -2.86. The van der Waals surface area contributed by atoms with Gasteiger partial charge in [-0.2, -0.15) is 0 Å². The van der Waals surface area contributed by atoms with Crippen LogP contribution in [0.5, 0.6) is 0 Å². The zero-order valence-electron chi connectivity index (χ0n) is 20.8. The number of hydrogen-bond acceptors (Lipinski definition) is 5. The van der Waals surface area contributed by atoms with Crippen molar-refractivity contribution in [2.75, 3.05) is 12.8 Å². The first-order chi connectivity index (χ1) is 17.2. The standard InChI is InChI=1S/C28H33FNO5P/c1-18(2)27-24(10-7-15-35-36(34)17-23(31)16-25(32)33)26(20-11-13-22(29)14-12-20)19(3)28(30-27)21-8-5-4-6-9-21/h4-6,8-9,11-14,18,23,31,36H,7,10,15-17H2,1-3H3,(H,32,33). The van der Waals surface area contributed by atoms with E-state index < -0.39 is 26.5 Å². The van der Waals surface area contributed by atoms with E-state index in [1.807, 2.05) is 37.3 Å². The summed E-state index contributed by atoms with van der Waals surface area (Å²) in [7, 11) is -2.55. The van der Waals surface area contributed by atoms with Gasteiger partial charge in [-0.25, -0.2) is 4.39 Å². The Bertz CT molecular complexity index is 1200. The van der Waals surface area contributed by atoms with E-state index in [1.165, 1.54) is 12.1 Å². The lowest BCUT2D eigenvalue weighted by molar-refractivity contribution is -0.138.